The molecule has 0 aromatic carbocycles. The number of carbonyl (C=O) groups is 1. The molecule has 1 saturated carbocycles. The van der Waals surface area contributed by atoms with Gasteiger partial charge in [0.05, 0.1) is 0 Å². The van der Waals surface area contributed by atoms with Crippen molar-refractivity contribution >= 4 is 5.78 Å². The lowest BCUT2D eigenvalue weighted by Gasteiger charge is -2.16. The molecule has 72 valence electrons. The van der Waals surface area contributed by atoms with Crippen LogP contribution in [0.25, 0.3) is 0 Å². The molecule has 2 aliphatic rings. The maximum Gasteiger partial charge on any atom is 0.140 e. The first kappa shape index (κ1) is 8.98. The normalized spacial score (nSPS) is 37.0. The van der Waals surface area contributed by atoms with Crippen LogP contribution in [0, 0.1) is 17.8 Å². The van der Waals surface area contributed by atoms with E-state index in [0.717, 1.165) is 12.8 Å². The van der Waals surface area contributed by atoms with Crippen molar-refractivity contribution in [1.29, 1.82) is 0 Å². The molecule has 0 heterocycles. The Morgan fingerprint density at radius 1 is 1.54 bits per heavy atom. The van der Waals surface area contributed by atoms with Gasteiger partial charge in [-0.05, 0) is 24.7 Å². The third-order valence-electron chi connectivity index (χ3n) is 3.58. The maximum atomic E-state index is 11.6. The molecule has 0 aliphatic heterocycles. The molecule has 2 rings (SSSR count). The minimum absolute atomic E-state index is 0.307. The highest BCUT2D eigenvalue weighted by Crippen LogP contribution is 2.43. The van der Waals surface area contributed by atoms with E-state index in [4.69, 9.17) is 0 Å². The van der Waals surface area contributed by atoms with E-state index in [9.17, 15) is 4.79 Å². The van der Waals surface area contributed by atoms with Crippen LogP contribution in [0.3, 0.4) is 0 Å². The first-order valence-electron chi connectivity index (χ1n) is 5.52. The lowest BCUT2D eigenvalue weighted by molar-refractivity contribution is -0.119. The number of fused-ring (bicyclic) bond motifs is 1. The van der Waals surface area contributed by atoms with Crippen LogP contribution in [0.4, 0.5) is 0 Å². The number of rotatable bonds is 3. The van der Waals surface area contributed by atoms with Crippen molar-refractivity contribution in [2.75, 3.05) is 0 Å². The number of Topliss-reactive ketones (excluding diaryl/α,β-unsaturated/α-hetero) is 1. The molecule has 1 nitrogen and oxygen atoms in total. The zero-order valence-corrected chi connectivity index (χ0v) is 8.33. The molecule has 0 N–H and O–H groups in total. The summed E-state index contributed by atoms with van der Waals surface area (Å²) in [6, 6.07) is 0. The zero-order chi connectivity index (χ0) is 9.26. The third kappa shape index (κ3) is 1.56. The first-order valence-corrected chi connectivity index (χ1v) is 5.52. The summed E-state index contributed by atoms with van der Waals surface area (Å²) in [7, 11) is 0. The van der Waals surface area contributed by atoms with E-state index in [2.05, 4.69) is 19.1 Å². The summed E-state index contributed by atoms with van der Waals surface area (Å²) in [6.45, 7) is 2.22. The van der Waals surface area contributed by atoms with Crippen LogP contribution in [0.1, 0.15) is 39.0 Å². The minimum atomic E-state index is 0.307. The molecule has 0 amide bonds. The van der Waals surface area contributed by atoms with Crippen molar-refractivity contribution in [2.24, 2.45) is 17.8 Å². The van der Waals surface area contributed by atoms with Crippen molar-refractivity contribution < 1.29 is 4.79 Å². The molecular formula is C12H18O. The Hall–Kier alpha value is -0.590. The van der Waals surface area contributed by atoms with E-state index in [-0.39, 0.29) is 0 Å². The van der Waals surface area contributed by atoms with Gasteiger partial charge in [0.2, 0.25) is 0 Å². The summed E-state index contributed by atoms with van der Waals surface area (Å²) in [6.07, 6.45) is 10.2. The molecule has 13 heavy (non-hydrogen) atoms. The van der Waals surface area contributed by atoms with Crippen molar-refractivity contribution in [2.45, 2.75) is 39.0 Å². The molecule has 1 heteroatoms. The number of allylic oxidation sites excluding steroid dienone is 2. The largest absolute Gasteiger partial charge is 0.299 e. The second-order valence-electron chi connectivity index (χ2n) is 4.43. The average molecular weight is 178 g/mol. The molecule has 0 unspecified atom stereocenters. The van der Waals surface area contributed by atoms with Crippen molar-refractivity contribution in [1.82, 2.24) is 0 Å². The number of hydrogen-bond acceptors (Lipinski definition) is 1. The minimum Gasteiger partial charge on any atom is -0.299 e. The van der Waals surface area contributed by atoms with Crippen LogP contribution in [0.2, 0.25) is 0 Å². The van der Waals surface area contributed by atoms with Crippen molar-refractivity contribution in [3.8, 4) is 0 Å². The predicted molar refractivity (Wildman–Crippen MR) is 53.4 cm³/mol. The Morgan fingerprint density at radius 3 is 3.15 bits per heavy atom. The highest BCUT2D eigenvalue weighted by Gasteiger charge is 2.41. The van der Waals surface area contributed by atoms with Crippen molar-refractivity contribution in [3.05, 3.63) is 12.2 Å². The maximum absolute atomic E-state index is 11.6. The zero-order valence-electron chi connectivity index (χ0n) is 8.33. The highest BCUT2D eigenvalue weighted by molar-refractivity contribution is 5.86. The van der Waals surface area contributed by atoms with Crippen LogP contribution in [-0.2, 0) is 4.79 Å². The molecule has 0 radical (unpaired) electrons. The van der Waals surface area contributed by atoms with E-state index in [1.807, 2.05) is 0 Å². The van der Waals surface area contributed by atoms with Gasteiger partial charge < -0.3 is 0 Å². The molecular weight excluding hydrogens is 160 g/mol. The Kier molecular flexibility index (Phi) is 2.52. The topological polar surface area (TPSA) is 17.1 Å². The van der Waals surface area contributed by atoms with Gasteiger partial charge in [-0.1, -0.05) is 31.9 Å². The van der Waals surface area contributed by atoms with E-state index < -0.39 is 0 Å². The van der Waals surface area contributed by atoms with E-state index in [1.165, 1.54) is 19.3 Å². The van der Waals surface area contributed by atoms with Gasteiger partial charge in [0.1, 0.15) is 5.78 Å². The predicted octanol–water partition coefficient (Wildman–Crippen LogP) is 2.96. The summed E-state index contributed by atoms with van der Waals surface area (Å²) in [5, 5.41) is 0. The summed E-state index contributed by atoms with van der Waals surface area (Å²) in [5.74, 6) is 2.19. The Balaban J connectivity index is 1.96. The molecule has 0 aromatic heterocycles. The van der Waals surface area contributed by atoms with E-state index >= 15 is 0 Å². The van der Waals surface area contributed by atoms with Crippen LogP contribution in [0.5, 0.6) is 0 Å². The smallest absolute Gasteiger partial charge is 0.140 e. The monoisotopic (exact) mass is 178 g/mol. The molecule has 2 aliphatic carbocycles. The van der Waals surface area contributed by atoms with E-state index in [0.29, 0.717) is 23.5 Å². The Bertz CT molecular complexity index is 229. The molecule has 3 atom stereocenters. The van der Waals surface area contributed by atoms with E-state index in [1.54, 1.807) is 0 Å². The van der Waals surface area contributed by atoms with Gasteiger partial charge in [-0.2, -0.15) is 0 Å². The number of unbranched alkanes of at least 4 members (excludes halogenated alkanes) is 1. The first-order chi connectivity index (χ1) is 6.33. The van der Waals surface area contributed by atoms with Gasteiger partial charge in [0, 0.05) is 12.3 Å². The average Bonchev–Trinajstić information content (AvgIpc) is 2.67. The molecule has 0 spiro atoms. The summed E-state index contributed by atoms with van der Waals surface area (Å²) in [4.78, 5) is 11.6. The van der Waals surface area contributed by atoms with Gasteiger partial charge in [0.25, 0.3) is 0 Å². The fourth-order valence-electron chi connectivity index (χ4n) is 2.83. The lowest BCUT2D eigenvalue weighted by Crippen LogP contribution is -2.10. The van der Waals surface area contributed by atoms with Gasteiger partial charge >= 0.3 is 0 Å². The van der Waals surface area contributed by atoms with Gasteiger partial charge in [-0.3, -0.25) is 4.79 Å². The standard InChI is InChI=1S/C12H18O/c1-2-3-5-9-8-12(13)11-7-4-6-10(9)11/h4,7,9-11H,2-3,5-6,8H2,1H3/t9-,10+,11+/m0/s1. The second kappa shape index (κ2) is 3.65. The Morgan fingerprint density at radius 2 is 2.38 bits per heavy atom. The molecule has 0 saturated heterocycles. The SMILES string of the molecule is CCCC[C@H]1CC(=O)[C@@H]2C=CC[C@H]12. The molecule has 1 fully saturated rings. The summed E-state index contributed by atoms with van der Waals surface area (Å²) >= 11 is 0. The van der Waals surface area contributed by atoms with Crippen LogP contribution >= 0.6 is 0 Å². The summed E-state index contributed by atoms with van der Waals surface area (Å²) < 4.78 is 0. The van der Waals surface area contributed by atoms with Crippen molar-refractivity contribution in [3.63, 3.8) is 0 Å². The Labute approximate surface area is 80.2 Å². The van der Waals surface area contributed by atoms with Crippen LogP contribution in [0.15, 0.2) is 12.2 Å². The van der Waals surface area contributed by atoms with Gasteiger partial charge in [0.15, 0.2) is 0 Å². The van der Waals surface area contributed by atoms with Gasteiger partial charge in [-0.15, -0.1) is 0 Å². The van der Waals surface area contributed by atoms with Crippen LogP contribution in [-0.4, -0.2) is 5.78 Å². The summed E-state index contributed by atoms with van der Waals surface area (Å²) in [5.41, 5.74) is 0. The molecule has 0 bridgehead atoms. The highest BCUT2D eigenvalue weighted by atomic mass is 16.1. The number of ketones is 1. The number of hydrogen-bond donors (Lipinski definition) is 0. The fraction of sp³-hybridized carbons (Fsp3) is 0.750. The number of carbonyl (C=O) groups excluding carboxylic acids is 1. The quantitative estimate of drug-likeness (QED) is 0.607. The van der Waals surface area contributed by atoms with Crippen LogP contribution < -0.4 is 0 Å². The lowest BCUT2D eigenvalue weighted by atomic mass is 9.88. The second-order valence-corrected chi connectivity index (χ2v) is 4.43. The molecule has 0 aromatic rings. The third-order valence-corrected chi connectivity index (χ3v) is 3.58. The van der Waals surface area contributed by atoms with Gasteiger partial charge in [-0.25, -0.2) is 0 Å². The fourth-order valence-corrected chi connectivity index (χ4v) is 2.83.